The first-order valence-electron chi connectivity index (χ1n) is 27.2. The summed E-state index contributed by atoms with van der Waals surface area (Å²) in [6.45, 7) is 12.3. The molecule has 2 amide bonds. The van der Waals surface area contributed by atoms with Crippen LogP contribution >= 0.6 is 11.3 Å². The normalized spacial score (nSPS) is 23.5. The number of piperazine rings is 1. The lowest BCUT2D eigenvalue weighted by Crippen LogP contribution is -2.54. The van der Waals surface area contributed by atoms with E-state index < -0.39 is 18.1 Å². The Labute approximate surface area is 452 Å². The number of nitrogens with zero attached hydrogens (tertiary/aromatic N) is 9. The molecule has 406 valence electrons. The number of aryl methyl sites for hydroxylation is 1. The van der Waals surface area contributed by atoms with E-state index in [1.54, 1.807) is 29.5 Å². The highest BCUT2D eigenvalue weighted by Crippen LogP contribution is 2.41. The second-order valence-electron chi connectivity index (χ2n) is 21.7. The van der Waals surface area contributed by atoms with Crippen LogP contribution in [0.3, 0.4) is 0 Å². The number of likely N-dealkylation sites (tertiary alicyclic amines) is 2. The molecule has 1 saturated carbocycles. The number of anilines is 3. The van der Waals surface area contributed by atoms with Crippen molar-refractivity contribution in [3.05, 3.63) is 102 Å². The zero-order valence-electron chi connectivity index (χ0n) is 44.1. The molecular weight excluding hydrogens is 999 g/mol. The van der Waals surface area contributed by atoms with Gasteiger partial charge in [0.2, 0.25) is 17.7 Å². The molecule has 2 unspecified atom stereocenters. The highest BCUT2D eigenvalue weighted by atomic mass is 32.1. The molecule has 5 N–H and O–H groups in total. The van der Waals surface area contributed by atoms with Crippen molar-refractivity contribution < 1.29 is 38.5 Å². The van der Waals surface area contributed by atoms with Crippen molar-refractivity contribution in [2.75, 3.05) is 61.4 Å². The molecule has 4 aliphatic heterocycles. The van der Waals surface area contributed by atoms with Crippen LogP contribution in [0.2, 0.25) is 0 Å². The number of carbonyl (C=O) groups is 2. The van der Waals surface area contributed by atoms with E-state index in [0.29, 0.717) is 47.7 Å². The number of thiazole rings is 1. The minimum Gasteiger partial charge on any atom is -0.507 e. The number of phenols is 1. The molecule has 77 heavy (non-hydrogen) atoms. The summed E-state index contributed by atoms with van der Waals surface area (Å²) in [5.74, 6) is 0.338. The first kappa shape index (κ1) is 52.2. The number of amides is 2. The molecule has 2 bridgehead atoms. The lowest BCUT2D eigenvalue weighted by atomic mass is 9.91. The molecule has 20 heteroatoms. The standard InChI is InChI=1S/C57H69N11O8S/c1-33(2)53(57(72)67-31-41(69)24-48(67)56(71)61-34(3)36-9-11-37(12-10-36)54-35(4)60-32-77-54)50-28-52(64-76-50)73-22-21-65-19-16-42(17-20-65)74-43-25-44(26-43)75-51-23-38(15-18-59-51)68-39-13-14-40(68)30-66(29-39)47-27-46(62-63-55(47)58)45-7-5-6-8-49(45)70/h5-12,15,18,23,27-28,32-34,39-44,48,53,69-70H,13-14,16-17,19-22,24-26,29-31H2,1-4H3,(H2,58,63)(H,61,71)/t34-,39?,40?,41+,43?,44?,48-,53+/m0/s1. The van der Waals surface area contributed by atoms with Crippen molar-refractivity contribution in [2.24, 2.45) is 5.92 Å². The number of hydrogen-bond donors (Lipinski definition) is 4. The Bertz CT molecular complexity index is 3000. The van der Waals surface area contributed by atoms with E-state index in [1.165, 1.54) is 4.90 Å². The number of rotatable bonds is 18. The summed E-state index contributed by atoms with van der Waals surface area (Å²) in [5, 5.41) is 37.0. The van der Waals surface area contributed by atoms with Gasteiger partial charge in [-0.05, 0) is 86.0 Å². The third-order valence-electron chi connectivity index (χ3n) is 16.1. The van der Waals surface area contributed by atoms with Gasteiger partial charge in [0.1, 0.15) is 30.4 Å². The van der Waals surface area contributed by atoms with E-state index in [1.807, 2.05) is 81.9 Å². The van der Waals surface area contributed by atoms with E-state index in [2.05, 4.69) is 57.5 Å². The second kappa shape index (κ2) is 22.6. The summed E-state index contributed by atoms with van der Waals surface area (Å²) in [6.07, 6.45) is 7.23. The molecular formula is C57H69N11O8S. The largest absolute Gasteiger partial charge is 0.507 e. The maximum atomic E-state index is 14.2. The molecule has 8 heterocycles. The Morgan fingerprint density at radius 1 is 0.883 bits per heavy atom. The molecule has 11 rings (SSSR count). The number of β-amino-alcohol motifs (C(OH)–C–C–N with tert-alkyl or cyclic N) is 1. The minimum absolute atomic E-state index is 0.0528. The number of phenolic OH excluding ortho intramolecular Hbond substituents is 1. The fourth-order valence-corrected chi connectivity index (χ4v) is 12.7. The molecule has 5 fully saturated rings. The van der Waals surface area contributed by atoms with Crippen molar-refractivity contribution in [2.45, 2.75) is 127 Å². The number of ether oxygens (including phenoxy) is 3. The molecule has 6 aromatic rings. The van der Waals surface area contributed by atoms with Crippen LogP contribution in [0.15, 0.2) is 89.0 Å². The lowest BCUT2D eigenvalue weighted by molar-refractivity contribution is -0.141. The molecule has 19 nitrogen and oxygen atoms in total. The number of hydrogen-bond acceptors (Lipinski definition) is 18. The molecule has 5 aliphatic rings. The van der Waals surface area contributed by atoms with Gasteiger partial charge in [-0.3, -0.25) is 14.5 Å². The Morgan fingerprint density at radius 3 is 2.38 bits per heavy atom. The monoisotopic (exact) mass is 1070 g/mol. The highest BCUT2D eigenvalue weighted by Gasteiger charge is 2.45. The topological polar surface area (TPSA) is 231 Å². The Balaban J connectivity index is 0.601. The van der Waals surface area contributed by atoms with Gasteiger partial charge in [-0.25, -0.2) is 9.97 Å². The molecule has 6 atom stereocenters. The maximum Gasteiger partial charge on any atom is 0.254 e. The molecule has 4 saturated heterocycles. The number of para-hydroxylation sites is 1. The zero-order chi connectivity index (χ0) is 53.3. The van der Waals surface area contributed by atoms with Crippen molar-refractivity contribution in [1.29, 1.82) is 0 Å². The number of aliphatic hydroxyl groups excluding tert-OH is 1. The Hall–Kier alpha value is -6.87. The van der Waals surface area contributed by atoms with Crippen LogP contribution in [0.4, 0.5) is 17.2 Å². The number of aromatic hydroxyl groups is 1. The van der Waals surface area contributed by atoms with Gasteiger partial charge in [0.15, 0.2) is 11.6 Å². The van der Waals surface area contributed by atoms with Crippen LogP contribution in [0.25, 0.3) is 21.7 Å². The average molecular weight is 1070 g/mol. The smallest absolute Gasteiger partial charge is 0.254 e. The predicted molar refractivity (Wildman–Crippen MR) is 292 cm³/mol. The van der Waals surface area contributed by atoms with Gasteiger partial charge in [0, 0.05) is 100 Å². The summed E-state index contributed by atoms with van der Waals surface area (Å²) < 4.78 is 24.8. The third kappa shape index (κ3) is 11.4. The van der Waals surface area contributed by atoms with Crippen LogP contribution < -0.4 is 30.3 Å². The first-order chi connectivity index (χ1) is 37.3. The van der Waals surface area contributed by atoms with Crippen molar-refractivity contribution in [1.82, 2.24) is 40.4 Å². The van der Waals surface area contributed by atoms with Crippen molar-refractivity contribution >= 4 is 40.3 Å². The van der Waals surface area contributed by atoms with E-state index in [9.17, 15) is 19.8 Å². The minimum atomic E-state index is -0.830. The Kier molecular flexibility index (Phi) is 15.3. The summed E-state index contributed by atoms with van der Waals surface area (Å²) >= 11 is 1.59. The molecule has 0 radical (unpaired) electrons. The van der Waals surface area contributed by atoms with Crippen LogP contribution in [0.5, 0.6) is 17.5 Å². The molecule has 0 spiro atoms. The quantitative estimate of drug-likeness (QED) is 0.0669. The summed E-state index contributed by atoms with van der Waals surface area (Å²) in [5.41, 5.74) is 14.4. The number of nitrogen functional groups attached to an aromatic ring is 1. The van der Waals surface area contributed by atoms with Gasteiger partial charge < -0.3 is 54.7 Å². The summed E-state index contributed by atoms with van der Waals surface area (Å²) in [7, 11) is 0. The number of fused-ring (bicyclic) bond motifs is 2. The van der Waals surface area contributed by atoms with Gasteiger partial charge in [-0.1, -0.05) is 50.2 Å². The van der Waals surface area contributed by atoms with Crippen LogP contribution in [0.1, 0.15) is 94.7 Å². The maximum absolute atomic E-state index is 14.2. The number of carbonyl (C=O) groups excluding carboxylic acids is 2. The van der Waals surface area contributed by atoms with Gasteiger partial charge in [-0.15, -0.1) is 21.5 Å². The lowest BCUT2D eigenvalue weighted by Gasteiger charge is -2.43. The number of aromatic nitrogens is 5. The third-order valence-corrected chi connectivity index (χ3v) is 17.1. The van der Waals surface area contributed by atoms with E-state index in [0.717, 1.165) is 97.8 Å². The van der Waals surface area contributed by atoms with E-state index >= 15 is 0 Å². The molecule has 4 aromatic heterocycles. The van der Waals surface area contributed by atoms with Crippen molar-refractivity contribution in [3.8, 4) is 39.2 Å². The van der Waals surface area contributed by atoms with Crippen LogP contribution in [0, 0.1) is 12.8 Å². The first-order valence-corrected chi connectivity index (χ1v) is 28.0. The van der Waals surface area contributed by atoms with Gasteiger partial charge in [-0.2, -0.15) is 0 Å². The highest BCUT2D eigenvalue weighted by molar-refractivity contribution is 7.13. The number of pyridine rings is 1. The number of nitrogens with one attached hydrogen (secondary N) is 1. The number of benzene rings is 2. The number of piperidine rings is 1. The Morgan fingerprint density at radius 2 is 1.65 bits per heavy atom. The van der Waals surface area contributed by atoms with Crippen LogP contribution in [-0.4, -0.2) is 146 Å². The van der Waals surface area contributed by atoms with Gasteiger partial charge >= 0.3 is 0 Å². The molecule has 2 aromatic carbocycles. The van der Waals surface area contributed by atoms with E-state index in [4.69, 9.17) is 24.5 Å². The van der Waals surface area contributed by atoms with Crippen LogP contribution in [-0.2, 0) is 14.3 Å². The fraction of sp³-hybridized carbons (Fsp3) is 0.491. The number of nitrogens with two attached hydrogens (primary N) is 1. The van der Waals surface area contributed by atoms with E-state index in [-0.39, 0.29) is 72.9 Å². The summed E-state index contributed by atoms with van der Waals surface area (Å²) in [4.78, 5) is 46.7. The molecule has 1 aliphatic carbocycles. The summed E-state index contributed by atoms with van der Waals surface area (Å²) in [6, 6.07) is 22.4. The van der Waals surface area contributed by atoms with Gasteiger partial charge in [0.05, 0.1) is 51.8 Å². The zero-order valence-corrected chi connectivity index (χ0v) is 44.9. The SMILES string of the molecule is Cc1ncsc1-c1ccc([C@H](C)NC(=O)[C@@H]2C[C@@H](O)CN2C(=O)[C@@H](c2cc(OCCN3CCC(OC4CC(Oc5cc(N6C7CCC6CN(c6cc(-c8ccccc8O)nnc6N)C7)ccn5)C4)CC3)no2)C(C)C)cc1. The second-order valence-corrected chi connectivity index (χ2v) is 22.6. The predicted octanol–water partition coefficient (Wildman–Crippen LogP) is 7.15. The average Bonchev–Trinajstić information content (AvgIpc) is 4.22. The van der Waals surface area contributed by atoms with Crippen molar-refractivity contribution in [3.63, 3.8) is 0 Å². The number of aliphatic hydroxyl groups is 1. The van der Waals surface area contributed by atoms with Gasteiger partial charge in [0.25, 0.3) is 5.88 Å². The fourth-order valence-electron chi connectivity index (χ4n) is 11.9.